The van der Waals surface area contributed by atoms with E-state index in [0.717, 1.165) is 0 Å². The molecule has 0 aromatic rings. The molecule has 0 fully saturated rings. The summed E-state index contributed by atoms with van der Waals surface area (Å²) >= 11 is 12.1. The first kappa shape index (κ1) is 29.9. The predicted octanol–water partition coefficient (Wildman–Crippen LogP) is 5.81. The van der Waals surface area contributed by atoms with Gasteiger partial charge in [-0.05, 0) is 19.1 Å². The largest absolute Gasteiger partial charge is 0.431 e. The van der Waals surface area contributed by atoms with E-state index in [1.807, 2.05) is 0 Å². The Kier molecular flexibility index (Phi) is 11.6. The van der Waals surface area contributed by atoms with Gasteiger partial charge in [0.2, 0.25) is 5.60 Å². The number of hydrogen-bond donors (Lipinski definition) is 3. The van der Waals surface area contributed by atoms with Crippen LogP contribution in [0.3, 0.4) is 0 Å². The number of hydrazine groups is 1. The van der Waals surface area contributed by atoms with Gasteiger partial charge in [-0.25, -0.2) is 0 Å². The molecule has 1 amide bonds. The third kappa shape index (κ3) is 8.52. The van der Waals surface area contributed by atoms with Crippen LogP contribution in [0.2, 0.25) is 0 Å². The molecule has 11 heteroatoms. The maximum atomic E-state index is 14.0. The van der Waals surface area contributed by atoms with E-state index in [0.29, 0.717) is 0 Å². The Labute approximate surface area is 212 Å². The van der Waals surface area contributed by atoms with Crippen molar-refractivity contribution in [2.75, 3.05) is 7.05 Å². The van der Waals surface area contributed by atoms with E-state index in [1.165, 1.54) is 55.7 Å². The van der Waals surface area contributed by atoms with Gasteiger partial charge in [0.25, 0.3) is 5.91 Å². The number of alkyl halides is 3. The highest BCUT2D eigenvalue weighted by Gasteiger charge is 2.60. The highest BCUT2D eigenvalue weighted by atomic mass is 35.5. The maximum absolute atomic E-state index is 14.0. The number of halogens is 5. The molecule has 1 rings (SSSR count). The molecular formula is C24H27Cl2F3N4O2. The Morgan fingerprint density at radius 1 is 1.23 bits per heavy atom. The number of nitrogens with zero attached hydrogens (tertiary/aromatic N) is 1. The molecule has 1 aliphatic rings. The molecule has 0 saturated carbocycles. The summed E-state index contributed by atoms with van der Waals surface area (Å²) < 4.78 is 41.9. The second-order valence-electron chi connectivity index (χ2n) is 7.11. The lowest BCUT2D eigenvalue weighted by atomic mass is 9.89. The van der Waals surface area contributed by atoms with Crippen LogP contribution in [0.4, 0.5) is 13.2 Å². The van der Waals surface area contributed by atoms with Crippen molar-refractivity contribution in [2.45, 2.75) is 31.5 Å². The van der Waals surface area contributed by atoms with Gasteiger partial charge in [0.1, 0.15) is 0 Å². The fourth-order valence-corrected chi connectivity index (χ4v) is 2.96. The van der Waals surface area contributed by atoms with Crippen LogP contribution in [0.1, 0.15) is 19.8 Å². The van der Waals surface area contributed by atoms with Crippen LogP contribution in [0.25, 0.3) is 0 Å². The summed E-state index contributed by atoms with van der Waals surface area (Å²) in [6.45, 7) is 12.2. The van der Waals surface area contributed by atoms with Gasteiger partial charge in [0.15, 0.2) is 0 Å². The van der Waals surface area contributed by atoms with Crippen molar-refractivity contribution in [2.24, 2.45) is 5.16 Å². The third-order valence-corrected chi connectivity index (χ3v) is 5.12. The first-order chi connectivity index (χ1) is 16.4. The molecule has 3 N–H and O–H groups in total. The van der Waals surface area contributed by atoms with E-state index < -0.39 is 30.5 Å². The van der Waals surface area contributed by atoms with Gasteiger partial charge < -0.3 is 10.2 Å². The number of hydrogen-bond acceptors (Lipinski definition) is 5. The number of carbonyl (C=O) groups excluding carboxylic acids is 1. The molecule has 0 radical (unpaired) electrons. The molecule has 1 atom stereocenters. The Morgan fingerprint density at radius 3 is 2.43 bits per heavy atom. The molecule has 0 aromatic carbocycles. The van der Waals surface area contributed by atoms with Crippen LogP contribution < -0.4 is 16.2 Å². The van der Waals surface area contributed by atoms with Gasteiger partial charge in [-0.2, -0.15) is 13.2 Å². The Hall–Kier alpha value is -3.17. The first-order valence-corrected chi connectivity index (χ1v) is 10.9. The van der Waals surface area contributed by atoms with E-state index in [9.17, 15) is 18.0 Å². The van der Waals surface area contributed by atoms with E-state index in [2.05, 4.69) is 41.1 Å². The van der Waals surface area contributed by atoms with Crippen molar-refractivity contribution in [3.8, 4) is 0 Å². The number of rotatable bonds is 12. The molecule has 0 saturated heterocycles. The lowest BCUT2D eigenvalue weighted by molar-refractivity contribution is -0.267. The average Bonchev–Trinajstić information content (AvgIpc) is 3.25. The van der Waals surface area contributed by atoms with Crippen LogP contribution in [-0.2, 0) is 9.63 Å². The Balaban J connectivity index is 3.17. The summed E-state index contributed by atoms with van der Waals surface area (Å²) in [7, 11) is 1.62. The summed E-state index contributed by atoms with van der Waals surface area (Å²) in [6.07, 6.45) is 5.13. The lowest BCUT2D eigenvalue weighted by Gasteiger charge is -2.28. The van der Waals surface area contributed by atoms with Crippen LogP contribution >= 0.6 is 23.2 Å². The minimum Gasteiger partial charge on any atom is -0.393 e. The molecule has 0 bridgehead atoms. The third-order valence-electron chi connectivity index (χ3n) is 4.64. The van der Waals surface area contributed by atoms with E-state index in [-0.39, 0.29) is 32.6 Å². The van der Waals surface area contributed by atoms with Gasteiger partial charge in [-0.3, -0.25) is 15.6 Å². The minimum atomic E-state index is -4.74. The van der Waals surface area contributed by atoms with Crippen molar-refractivity contribution in [3.05, 3.63) is 95.4 Å². The summed E-state index contributed by atoms with van der Waals surface area (Å²) in [5.74, 6) is -0.523. The molecule has 35 heavy (non-hydrogen) atoms. The molecule has 0 aromatic heterocycles. The number of oxime groups is 1. The maximum Gasteiger partial charge on any atom is 0.431 e. The summed E-state index contributed by atoms with van der Waals surface area (Å²) in [5, 5.41) is 6.70. The van der Waals surface area contributed by atoms with Crippen LogP contribution in [0, 0.1) is 0 Å². The number of amides is 1. The lowest BCUT2D eigenvalue weighted by Crippen LogP contribution is -2.45. The number of carbonyl (C=O) groups is 1. The second kappa shape index (κ2) is 13.7. The normalized spacial score (nSPS) is 20.0. The number of allylic oxidation sites excluding steroid dienone is 8. The monoisotopic (exact) mass is 530 g/mol. The fourth-order valence-electron chi connectivity index (χ4n) is 2.71. The Bertz CT molecular complexity index is 1020. The van der Waals surface area contributed by atoms with Crippen molar-refractivity contribution in [3.63, 3.8) is 0 Å². The molecule has 1 unspecified atom stereocenters. The SMILES string of the molecule is C=C/C=C\C(Cl)=C/CC1(C(F)(F)F)CC(/C(C=C)=C/C(NNC(=O)/C(C=C)=C/NC)=C(\C)Cl)=NO1. The highest BCUT2D eigenvalue weighted by molar-refractivity contribution is 6.31. The predicted molar refractivity (Wildman–Crippen MR) is 135 cm³/mol. The van der Waals surface area contributed by atoms with Gasteiger partial charge >= 0.3 is 6.18 Å². The smallest absolute Gasteiger partial charge is 0.393 e. The van der Waals surface area contributed by atoms with Gasteiger partial charge in [0, 0.05) is 41.7 Å². The van der Waals surface area contributed by atoms with Crippen molar-refractivity contribution in [1.29, 1.82) is 0 Å². The second-order valence-corrected chi connectivity index (χ2v) is 8.11. The van der Waals surface area contributed by atoms with Gasteiger partial charge in [0.05, 0.1) is 17.0 Å². The van der Waals surface area contributed by atoms with Gasteiger partial charge in [-0.1, -0.05) is 78.5 Å². The molecule has 0 spiro atoms. The van der Waals surface area contributed by atoms with Crippen LogP contribution in [0.5, 0.6) is 0 Å². The van der Waals surface area contributed by atoms with E-state index in [4.69, 9.17) is 28.0 Å². The molecule has 1 aliphatic heterocycles. The molecule has 6 nitrogen and oxygen atoms in total. The quantitative estimate of drug-likeness (QED) is 0.169. The minimum absolute atomic E-state index is 0.00566. The molecule has 1 heterocycles. The number of nitrogens with one attached hydrogen (secondary N) is 3. The zero-order valence-electron chi connectivity index (χ0n) is 19.3. The zero-order valence-corrected chi connectivity index (χ0v) is 20.8. The van der Waals surface area contributed by atoms with Crippen molar-refractivity contribution >= 4 is 34.8 Å². The highest BCUT2D eigenvalue weighted by Crippen LogP contribution is 2.44. The standard InChI is InChI=1S/C24H27Cl2F3N4O2/c1-6-9-10-19(26)11-12-23(24(27,28)29)14-21(33-35-23)17(7-2)13-20(16(4)25)31-32-22(34)18(8-3)15-30-5/h6-11,13,15,30-31H,1-3,12,14H2,4-5H3,(H,32,34)/b10-9-,17-13+,18-15+,19-11+,20-16-. The summed E-state index contributed by atoms with van der Waals surface area (Å²) in [5.41, 5.74) is 3.11. The summed E-state index contributed by atoms with van der Waals surface area (Å²) in [4.78, 5) is 17.2. The molecule has 190 valence electrons. The van der Waals surface area contributed by atoms with Crippen molar-refractivity contribution in [1.82, 2.24) is 16.2 Å². The van der Waals surface area contributed by atoms with Crippen LogP contribution in [0.15, 0.2) is 101 Å². The van der Waals surface area contributed by atoms with E-state index in [1.54, 1.807) is 7.05 Å². The van der Waals surface area contributed by atoms with E-state index >= 15 is 0 Å². The van der Waals surface area contributed by atoms with Gasteiger partial charge in [-0.15, -0.1) is 0 Å². The summed E-state index contributed by atoms with van der Waals surface area (Å²) in [6, 6.07) is 0. The first-order valence-electron chi connectivity index (χ1n) is 10.2. The fraction of sp³-hybridized carbons (Fsp3) is 0.250. The topological polar surface area (TPSA) is 74.8 Å². The van der Waals surface area contributed by atoms with Crippen LogP contribution in [-0.4, -0.2) is 30.4 Å². The molecular weight excluding hydrogens is 504 g/mol. The zero-order chi connectivity index (χ0) is 26.6. The average molecular weight is 531 g/mol. The molecule has 0 aliphatic carbocycles. The Morgan fingerprint density at radius 2 is 1.91 bits per heavy atom. The van der Waals surface area contributed by atoms with Crippen molar-refractivity contribution < 1.29 is 22.8 Å².